The molecule has 1 atom stereocenters. The highest BCUT2D eigenvalue weighted by molar-refractivity contribution is 6.57. The van der Waals surface area contributed by atoms with E-state index in [4.69, 9.17) is 4.74 Å². The first kappa shape index (κ1) is 29.8. The van der Waals surface area contributed by atoms with Gasteiger partial charge in [0, 0.05) is 16.8 Å². The second kappa shape index (κ2) is 11.3. The van der Waals surface area contributed by atoms with Crippen LogP contribution in [0, 0.1) is 6.92 Å². The number of ether oxygens (including phenoxy) is 1. The Morgan fingerprint density at radius 1 is 0.761 bits per heavy atom. The first-order valence-electron chi connectivity index (χ1n) is 14.1. The van der Waals surface area contributed by atoms with E-state index >= 15 is 4.79 Å². The number of benzene rings is 4. The number of ketones is 2. The predicted molar refractivity (Wildman–Crippen MR) is 168 cm³/mol. The third-order valence-corrected chi connectivity index (χ3v) is 8.00. The van der Waals surface area contributed by atoms with Crippen molar-refractivity contribution >= 4 is 46.5 Å². The summed E-state index contributed by atoms with van der Waals surface area (Å²) in [4.78, 5) is 73.7. The van der Waals surface area contributed by atoms with Gasteiger partial charge in [-0.05, 0) is 31.2 Å². The van der Waals surface area contributed by atoms with Crippen LogP contribution in [0.1, 0.15) is 21.5 Å². The van der Waals surface area contributed by atoms with Crippen LogP contribution in [0.15, 0.2) is 126 Å². The molecular formula is C36H26N2O8. The lowest BCUT2D eigenvalue weighted by molar-refractivity contribution is -0.136. The van der Waals surface area contributed by atoms with Crippen LogP contribution in [0.4, 0.5) is 11.4 Å². The van der Waals surface area contributed by atoms with Crippen molar-refractivity contribution < 1.29 is 38.9 Å². The summed E-state index contributed by atoms with van der Waals surface area (Å²) in [6, 6.07) is 27.2. The topological polar surface area (TPSA) is 142 Å². The van der Waals surface area contributed by atoms with Gasteiger partial charge in [-0.15, -0.1) is 0 Å². The van der Waals surface area contributed by atoms with Crippen LogP contribution in [-0.2, 0) is 23.9 Å². The van der Waals surface area contributed by atoms with Gasteiger partial charge in [-0.3, -0.25) is 29.0 Å². The first-order chi connectivity index (χ1) is 22.1. The smallest absolute Gasteiger partial charge is 0.355 e. The molecule has 0 bridgehead atoms. The van der Waals surface area contributed by atoms with E-state index in [1.807, 2.05) is 6.92 Å². The molecule has 10 nitrogen and oxygen atoms in total. The molecule has 2 aliphatic heterocycles. The number of rotatable bonds is 6. The third kappa shape index (κ3) is 4.30. The third-order valence-electron chi connectivity index (χ3n) is 8.00. The first-order valence-corrected chi connectivity index (χ1v) is 14.1. The Kier molecular flexibility index (Phi) is 7.33. The number of para-hydroxylation sites is 2. The van der Waals surface area contributed by atoms with Gasteiger partial charge in [-0.2, -0.15) is 0 Å². The highest BCUT2D eigenvalue weighted by Crippen LogP contribution is 2.54. The van der Waals surface area contributed by atoms with Crippen molar-refractivity contribution in [3.05, 3.63) is 143 Å². The Morgan fingerprint density at radius 3 is 1.91 bits per heavy atom. The standard InChI is InChI=1S/C36H26N2O8/c1-21-17-19-24(20-18-21)37-29(34(44)46-2)27(30(40)22-11-5-3-6-12-22)36(35(37)45)28(31(41)23-13-7-4-8-14-23)32(42)33(43)38(36)25-15-9-10-16-26(25)39/h3-20,39,41H,1-2H3/b31-28-. The SMILES string of the molecule is COC(=O)C1=C(C(=O)c2ccccc2)C2(C(=O)N1c1ccc(C)cc1)/C(=C(\O)c1ccccc1)C(=O)C(=O)N2c1ccccc1O. The summed E-state index contributed by atoms with van der Waals surface area (Å²) in [5.74, 6) is -7.02. The van der Waals surface area contributed by atoms with Crippen molar-refractivity contribution in [2.45, 2.75) is 12.5 Å². The molecule has 6 rings (SSSR count). The van der Waals surface area contributed by atoms with E-state index in [1.54, 1.807) is 48.5 Å². The lowest BCUT2D eigenvalue weighted by Gasteiger charge is -2.36. The maximum absolute atomic E-state index is 15.3. The van der Waals surface area contributed by atoms with Crippen LogP contribution in [0.25, 0.3) is 5.76 Å². The number of phenols is 1. The number of aromatic hydroxyl groups is 1. The normalized spacial score (nSPS) is 18.9. The highest BCUT2D eigenvalue weighted by atomic mass is 16.5. The zero-order chi connectivity index (χ0) is 32.7. The number of carbonyl (C=O) groups is 5. The molecule has 2 aliphatic rings. The van der Waals surface area contributed by atoms with Crippen molar-refractivity contribution in [1.82, 2.24) is 0 Å². The van der Waals surface area contributed by atoms with Gasteiger partial charge in [0.05, 0.1) is 23.9 Å². The molecule has 0 radical (unpaired) electrons. The van der Waals surface area contributed by atoms with Gasteiger partial charge in [-0.25, -0.2) is 4.79 Å². The second-order valence-electron chi connectivity index (χ2n) is 10.6. The number of aliphatic hydroxyl groups is 1. The summed E-state index contributed by atoms with van der Waals surface area (Å²) in [5, 5.41) is 22.9. The number of nitrogens with zero attached hydrogens (tertiary/aromatic N) is 2. The van der Waals surface area contributed by atoms with E-state index in [-0.39, 0.29) is 22.5 Å². The van der Waals surface area contributed by atoms with Gasteiger partial charge >= 0.3 is 11.9 Å². The Morgan fingerprint density at radius 2 is 1.33 bits per heavy atom. The van der Waals surface area contributed by atoms with Crippen LogP contribution in [-0.4, -0.2) is 52.2 Å². The molecule has 46 heavy (non-hydrogen) atoms. The fourth-order valence-corrected chi connectivity index (χ4v) is 5.93. The molecule has 1 unspecified atom stereocenters. The summed E-state index contributed by atoms with van der Waals surface area (Å²) in [5.41, 5.74) is -4.00. The Balaban J connectivity index is 1.84. The maximum atomic E-state index is 15.3. The van der Waals surface area contributed by atoms with Gasteiger partial charge in [0.15, 0.2) is 11.3 Å². The van der Waals surface area contributed by atoms with E-state index in [0.29, 0.717) is 4.90 Å². The molecule has 4 aromatic rings. The highest BCUT2D eigenvalue weighted by Gasteiger charge is 2.71. The van der Waals surface area contributed by atoms with Gasteiger partial charge in [-0.1, -0.05) is 90.5 Å². The average Bonchev–Trinajstić information content (AvgIpc) is 3.47. The zero-order valence-corrected chi connectivity index (χ0v) is 24.6. The number of anilines is 2. The number of aliphatic hydroxyl groups excluding tert-OH is 1. The van der Waals surface area contributed by atoms with Crippen molar-refractivity contribution in [2.24, 2.45) is 0 Å². The molecule has 2 heterocycles. The predicted octanol–water partition coefficient (Wildman–Crippen LogP) is 4.68. The number of Topliss-reactive ketones (excluding diaryl/α,β-unsaturated/α-hetero) is 2. The molecule has 0 saturated carbocycles. The summed E-state index contributed by atoms with van der Waals surface area (Å²) < 4.78 is 5.12. The van der Waals surface area contributed by atoms with Gasteiger partial charge in [0.25, 0.3) is 11.7 Å². The maximum Gasteiger partial charge on any atom is 0.355 e. The number of amides is 2. The lowest BCUT2D eigenvalue weighted by Crippen LogP contribution is -2.56. The van der Waals surface area contributed by atoms with Crippen LogP contribution in [0.3, 0.4) is 0 Å². The zero-order valence-electron chi connectivity index (χ0n) is 24.6. The summed E-state index contributed by atoms with van der Waals surface area (Å²) in [6.45, 7) is 1.81. The van der Waals surface area contributed by atoms with Crippen LogP contribution in [0.2, 0.25) is 0 Å². The minimum Gasteiger partial charge on any atom is -0.507 e. The molecule has 1 spiro atoms. The Hall–Kier alpha value is -6.29. The largest absolute Gasteiger partial charge is 0.507 e. The number of carbonyl (C=O) groups excluding carboxylic acids is 5. The molecule has 10 heteroatoms. The van der Waals surface area contributed by atoms with Crippen LogP contribution >= 0.6 is 0 Å². The van der Waals surface area contributed by atoms with E-state index in [0.717, 1.165) is 17.6 Å². The number of methoxy groups -OCH3 is 1. The minimum absolute atomic E-state index is 0.0133. The summed E-state index contributed by atoms with van der Waals surface area (Å²) >= 11 is 0. The molecule has 2 N–H and O–H groups in total. The van der Waals surface area contributed by atoms with E-state index in [2.05, 4.69) is 0 Å². The minimum atomic E-state index is -2.77. The molecule has 2 amide bonds. The number of aryl methyl sites for hydroxylation is 1. The monoisotopic (exact) mass is 614 g/mol. The van der Waals surface area contributed by atoms with Crippen molar-refractivity contribution in [3.63, 3.8) is 0 Å². The van der Waals surface area contributed by atoms with Gasteiger partial charge < -0.3 is 14.9 Å². The molecule has 1 fully saturated rings. The molecule has 4 aromatic carbocycles. The van der Waals surface area contributed by atoms with Gasteiger partial charge in [0.1, 0.15) is 17.2 Å². The van der Waals surface area contributed by atoms with E-state index in [1.165, 1.54) is 60.7 Å². The van der Waals surface area contributed by atoms with Crippen LogP contribution < -0.4 is 9.80 Å². The van der Waals surface area contributed by atoms with Crippen LogP contribution in [0.5, 0.6) is 5.75 Å². The van der Waals surface area contributed by atoms with E-state index < -0.39 is 63.2 Å². The lowest BCUT2D eigenvalue weighted by atomic mass is 9.77. The second-order valence-corrected chi connectivity index (χ2v) is 10.6. The molecule has 1 saturated heterocycles. The number of phenolic OH excluding ortho intramolecular Hbond substituents is 1. The van der Waals surface area contributed by atoms with Crippen molar-refractivity contribution in [2.75, 3.05) is 16.9 Å². The number of hydrogen-bond donors (Lipinski definition) is 2. The van der Waals surface area contributed by atoms with E-state index in [9.17, 15) is 29.4 Å². The summed E-state index contributed by atoms with van der Waals surface area (Å²) in [6.07, 6.45) is 0. The van der Waals surface area contributed by atoms with Crippen molar-refractivity contribution in [3.8, 4) is 5.75 Å². The fourth-order valence-electron chi connectivity index (χ4n) is 5.93. The number of esters is 1. The van der Waals surface area contributed by atoms with Crippen molar-refractivity contribution in [1.29, 1.82) is 0 Å². The molecule has 0 aromatic heterocycles. The Bertz CT molecular complexity index is 2000. The number of hydrogen-bond acceptors (Lipinski definition) is 8. The Labute approximate surface area is 263 Å². The van der Waals surface area contributed by atoms with Gasteiger partial charge in [0.2, 0.25) is 0 Å². The quantitative estimate of drug-likeness (QED) is 0.105. The molecule has 228 valence electrons. The fraction of sp³-hybridized carbons (Fsp3) is 0.0833. The molecule has 0 aliphatic carbocycles. The average molecular weight is 615 g/mol. The molecular weight excluding hydrogens is 588 g/mol. The summed E-state index contributed by atoms with van der Waals surface area (Å²) in [7, 11) is 1.06.